The Bertz CT molecular complexity index is 1310. The SMILES string of the molecule is Nc1ccc2c(c1)OC(c1cc(F)c(F)c(F)c1)n1c-2cc2cc(NC=O)ccc21. The number of carbonyl (C=O) groups excluding carboxylic acids is 1. The summed E-state index contributed by atoms with van der Waals surface area (Å²) in [5, 5.41) is 3.37. The summed E-state index contributed by atoms with van der Waals surface area (Å²) in [5.74, 6) is -3.71. The van der Waals surface area contributed by atoms with E-state index in [0.29, 0.717) is 29.1 Å². The number of halogens is 3. The van der Waals surface area contributed by atoms with E-state index < -0.39 is 23.7 Å². The highest BCUT2D eigenvalue weighted by molar-refractivity contribution is 5.92. The van der Waals surface area contributed by atoms with Crippen LogP contribution in [0.1, 0.15) is 11.8 Å². The first-order valence-corrected chi connectivity index (χ1v) is 9.02. The molecule has 30 heavy (non-hydrogen) atoms. The number of hydrogen-bond donors (Lipinski definition) is 2. The van der Waals surface area contributed by atoms with Crippen molar-refractivity contribution in [2.75, 3.05) is 11.1 Å². The van der Waals surface area contributed by atoms with Crippen molar-refractivity contribution >= 4 is 28.7 Å². The zero-order valence-electron chi connectivity index (χ0n) is 15.3. The van der Waals surface area contributed by atoms with Gasteiger partial charge in [0.15, 0.2) is 17.5 Å². The number of amides is 1. The van der Waals surface area contributed by atoms with Crippen LogP contribution in [0, 0.1) is 17.5 Å². The van der Waals surface area contributed by atoms with E-state index in [4.69, 9.17) is 10.5 Å². The summed E-state index contributed by atoms with van der Waals surface area (Å²) in [7, 11) is 0. The number of nitrogen functional groups attached to an aromatic ring is 1. The van der Waals surface area contributed by atoms with Gasteiger partial charge in [0, 0.05) is 34.0 Å². The normalized spacial score (nSPS) is 14.7. The molecule has 1 atom stereocenters. The molecule has 1 aliphatic heterocycles. The third-order valence-electron chi connectivity index (χ3n) is 5.11. The zero-order chi connectivity index (χ0) is 21.0. The van der Waals surface area contributed by atoms with Gasteiger partial charge in [0.25, 0.3) is 0 Å². The first-order valence-electron chi connectivity index (χ1n) is 9.02. The Balaban J connectivity index is 1.79. The fourth-order valence-electron chi connectivity index (χ4n) is 3.81. The van der Waals surface area contributed by atoms with Gasteiger partial charge < -0.3 is 20.4 Å². The van der Waals surface area contributed by atoms with Gasteiger partial charge in [-0.1, -0.05) is 0 Å². The van der Waals surface area contributed by atoms with Crippen molar-refractivity contribution in [3.63, 3.8) is 0 Å². The lowest BCUT2D eigenvalue weighted by Gasteiger charge is -2.30. The maximum atomic E-state index is 14.0. The van der Waals surface area contributed by atoms with Crippen molar-refractivity contribution in [2.24, 2.45) is 0 Å². The summed E-state index contributed by atoms with van der Waals surface area (Å²) in [5.41, 5.74) is 9.22. The highest BCUT2D eigenvalue weighted by Gasteiger charge is 2.30. The second kappa shape index (κ2) is 6.55. The van der Waals surface area contributed by atoms with Crippen molar-refractivity contribution in [2.45, 2.75) is 6.23 Å². The summed E-state index contributed by atoms with van der Waals surface area (Å²) in [6.45, 7) is 0. The first-order chi connectivity index (χ1) is 14.5. The molecule has 0 saturated heterocycles. The Labute approximate surface area is 168 Å². The molecule has 5 rings (SSSR count). The number of hydrogen-bond acceptors (Lipinski definition) is 3. The average molecular weight is 409 g/mol. The molecule has 0 bridgehead atoms. The van der Waals surface area contributed by atoms with Gasteiger partial charge in [0.2, 0.25) is 12.6 Å². The van der Waals surface area contributed by atoms with E-state index in [1.54, 1.807) is 41.0 Å². The van der Waals surface area contributed by atoms with Crippen LogP contribution < -0.4 is 15.8 Å². The van der Waals surface area contributed by atoms with Crippen LogP contribution in [0.5, 0.6) is 5.75 Å². The molecule has 5 nitrogen and oxygen atoms in total. The second-order valence-electron chi connectivity index (χ2n) is 6.96. The van der Waals surface area contributed by atoms with Gasteiger partial charge in [0.1, 0.15) is 5.75 Å². The lowest BCUT2D eigenvalue weighted by Crippen LogP contribution is -2.22. The number of nitrogens with zero attached hydrogens (tertiary/aromatic N) is 1. The molecular weight excluding hydrogens is 395 g/mol. The lowest BCUT2D eigenvalue weighted by molar-refractivity contribution is -0.105. The topological polar surface area (TPSA) is 69.3 Å². The third-order valence-corrected chi connectivity index (χ3v) is 5.11. The number of nitrogens with one attached hydrogen (secondary N) is 1. The van der Waals surface area contributed by atoms with E-state index in [2.05, 4.69) is 5.32 Å². The first kappa shape index (κ1) is 18.1. The molecule has 8 heteroatoms. The molecule has 0 radical (unpaired) electrons. The molecular formula is C22H14F3N3O2. The van der Waals surface area contributed by atoms with Crippen molar-refractivity contribution in [3.8, 4) is 17.0 Å². The number of nitrogens with two attached hydrogens (primary N) is 1. The molecule has 0 fully saturated rings. The van der Waals surface area contributed by atoms with E-state index in [0.717, 1.165) is 28.8 Å². The lowest BCUT2D eigenvalue weighted by atomic mass is 10.1. The summed E-state index contributed by atoms with van der Waals surface area (Å²) < 4.78 is 49.3. The van der Waals surface area contributed by atoms with Crippen molar-refractivity contribution < 1.29 is 22.7 Å². The molecule has 3 N–H and O–H groups in total. The summed E-state index contributed by atoms with van der Waals surface area (Å²) in [6, 6.07) is 14.1. The smallest absolute Gasteiger partial charge is 0.211 e. The van der Waals surface area contributed by atoms with Gasteiger partial charge in [-0.15, -0.1) is 0 Å². The zero-order valence-corrected chi connectivity index (χ0v) is 15.3. The summed E-state index contributed by atoms with van der Waals surface area (Å²) in [6.07, 6.45) is -0.383. The number of carbonyl (C=O) groups is 1. The van der Waals surface area contributed by atoms with E-state index in [9.17, 15) is 18.0 Å². The number of anilines is 2. The van der Waals surface area contributed by atoms with Crippen LogP contribution in [0.4, 0.5) is 24.5 Å². The van der Waals surface area contributed by atoms with E-state index >= 15 is 0 Å². The maximum absolute atomic E-state index is 14.0. The highest BCUT2D eigenvalue weighted by atomic mass is 19.2. The predicted octanol–water partition coefficient (Wildman–Crippen LogP) is 4.82. The highest BCUT2D eigenvalue weighted by Crippen LogP contribution is 2.45. The van der Waals surface area contributed by atoms with Crippen LogP contribution in [-0.2, 0) is 4.79 Å². The van der Waals surface area contributed by atoms with Gasteiger partial charge in [-0.2, -0.15) is 0 Å². The Morgan fingerprint density at radius 1 is 1.00 bits per heavy atom. The monoisotopic (exact) mass is 409 g/mol. The number of benzene rings is 3. The molecule has 4 aromatic rings. The second-order valence-corrected chi connectivity index (χ2v) is 6.96. The molecule has 0 aliphatic carbocycles. The molecule has 1 unspecified atom stereocenters. The molecule has 2 heterocycles. The number of fused-ring (bicyclic) bond motifs is 5. The van der Waals surface area contributed by atoms with Crippen molar-refractivity contribution in [3.05, 3.63) is 77.6 Å². The largest absolute Gasteiger partial charge is 0.465 e. The van der Waals surface area contributed by atoms with Gasteiger partial charge in [-0.3, -0.25) is 4.79 Å². The Morgan fingerprint density at radius 3 is 2.50 bits per heavy atom. The number of rotatable bonds is 3. The maximum Gasteiger partial charge on any atom is 0.211 e. The van der Waals surface area contributed by atoms with Crippen LogP contribution in [0.25, 0.3) is 22.2 Å². The van der Waals surface area contributed by atoms with Gasteiger partial charge in [-0.25, -0.2) is 13.2 Å². The standard InChI is InChI=1S/C22H14F3N3O2/c23-16-6-12(7-17(24)21(16)25)22-28-18-4-2-14(27-10-29)5-11(18)8-19(28)15-3-1-13(26)9-20(15)30-22/h1-10,22H,26H2,(H,27,29). The fourth-order valence-corrected chi connectivity index (χ4v) is 3.81. The van der Waals surface area contributed by atoms with Crippen LogP contribution in [-0.4, -0.2) is 11.0 Å². The van der Waals surface area contributed by atoms with E-state index in [1.165, 1.54) is 0 Å². The Morgan fingerprint density at radius 2 is 1.77 bits per heavy atom. The molecule has 1 aliphatic rings. The van der Waals surface area contributed by atoms with Crippen molar-refractivity contribution in [1.82, 2.24) is 4.57 Å². The molecule has 0 saturated carbocycles. The van der Waals surface area contributed by atoms with E-state index in [1.807, 2.05) is 6.07 Å². The predicted molar refractivity (Wildman–Crippen MR) is 107 cm³/mol. The van der Waals surface area contributed by atoms with Gasteiger partial charge in [-0.05, 0) is 48.5 Å². The number of aromatic nitrogens is 1. The summed E-state index contributed by atoms with van der Waals surface area (Å²) >= 11 is 0. The van der Waals surface area contributed by atoms with E-state index in [-0.39, 0.29) is 5.56 Å². The average Bonchev–Trinajstić information content (AvgIpc) is 3.10. The minimum atomic E-state index is -1.54. The van der Waals surface area contributed by atoms with Crippen LogP contribution in [0.3, 0.4) is 0 Å². The molecule has 0 spiro atoms. The third kappa shape index (κ3) is 2.68. The summed E-state index contributed by atoms with van der Waals surface area (Å²) in [4.78, 5) is 10.8. The molecule has 1 aromatic heterocycles. The van der Waals surface area contributed by atoms with Gasteiger partial charge >= 0.3 is 0 Å². The molecule has 150 valence electrons. The number of ether oxygens (including phenoxy) is 1. The fraction of sp³-hybridized carbons (Fsp3) is 0.0455. The van der Waals surface area contributed by atoms with Gasteiger partial charge in [0.05, 0.1) is 11.2 Å². The van der Waals surface area contributed by atoms with Crippen LogP contribution in [0.2, 0.25) is 0 Å². The molecule has 1 amide bonds. The minimum Gasteiger partial charge on any atom is -0.465 e. The van der Waals surface area contributed by atoms with Crippen molar-refractivity contribution in [1.29, 1.82) is 0 Å². The Kier molecular flexibility index (Phi) is 3.95. The molecule has 3 aromatic carbocycles. The Hall–Kier alpha value is -3.94. The van der Waals surface area contributed by atoms with Crippen LogP contribution in [0.15, 0.2) is 54.6 Å². The quantitative estimate of drug-likeness (QED) is 0.290. The van der Waals surface area contributed by atoms with Crippen LogP contribution >= 0.6 is 0 Å². The minimum absolute atomic E-state index is 0.105.